The van der Waals surface area contributed by atoms with Gasteiger partial charge >= 0.3 is 0 Å². The second-order valence-corrected chi connectivity index (χ2v) is 7.27. The van der Waals surface area contributed by atoms with Crippen LogP contribution in [-0.4, -0.2) is 54.3 Å². The lowest BCUT2D eigenvalue weighted by molar-refractivity contribution is -0.126. The molecule has 1 amide bonds. The Hall–Kier alpha value is -1.77. The molecule has 26 heavy (non-hydrogen) atoms. The van der Waals surface area contributed by atoms with Crippen LogP contribution in [0.4, 0.5) is 0 Å². The summed E-state index contributed by atoms with van der Waals surface area (Å²) >= 11 is 3.42. The van der Waals surface area contributed by atoms with Gasteiger partial charge in [-0.1, -0.05) is 21.1 Å². The molecule has 0 saturated carbocycles. The number of ether oxygens (including phenoxy) is 1. The van der Waals surface area contributed by atoms with Gasteiger partial charge in [0.2, 0.25) is 17.6 Å². The standard InChI is InChI=1S/C18H23BrN4O3/c1-25-11-8-20-18(24)14-6-9-23(10-7-14)12-16-21-17(22-26-16)13-2-4-15(19)5-3-13/h2-5,14H,6-12H2,1H3,(H,20,24). The summed E-state index contributed by atoms with van der Waals surface area (Å²) in [5.74, 6) is 1.40. The van der Waals surface area contributed by atoms with Crippen LogP contribution in [0.15, 0.2) is 33.3 Å². The Morgan fingerprint density at radius 2 is 2.08 bits per heavy atom. The Kier molecular flexibility index (Phi) is 6.76. The van der Waals surface area contributed by atoms with Crippen molar-refractivity contribution in [2.45, 2.75) is 19.4 Å². The van der Waals surface area contributed by atoms with E-state index in [0.717, 1.165) is 36.0 Å². The number of piperidine rings is 1. The van der Waals surface area contributed by atoms with Crippen LogP contribution < -0.4 is 5.32 Å². The van der Waals surface area contributed by atoms with Crippen LogP contribution in [0.5, 0.6) is 0 Å². The highest BCUT2D eigenvalue weighted by molar-refractivity contribution is 9.10. The van der Waals surface area contributed by atoms with Crippen LogP contribution in [-0.2, 0) is 16.1 Å². The number of rotatable bonds is 7. The number of nitrogens with zero attached hydrogens (tertiary/aromatic N) is 3. The number of carbonyl (C=O) groups is 1. The molecule has 1 saturated heterocycles. The van der Waals surface area contributed by atoms with Gasteiger partial charge in [-0.05, 0) is 50.2 Å². The van der Waals surface area contributed by atoms with E-state index in [9.17, 15) is 4.79 Å². The summed E-state index contributed by atoms with van der Waals surface area (Å²) in [7, 11) is 1.63. The lowest BCUT2D eigenvalue weighted by Gasteiger charge is -2.30. The van der Waals surface area contributed by atoms with Crippen LogP contribution in [0.1, 0.15) is 18.7 Å². The first-order valence-corrected chi connectivity index (χ1v) is 9.52. The summed E-state index contributed by atoms with van der Waals surface area (Å²) in [5.41, 5.74) is 0.926. The Bertz CT molecular complexity index is 711. The fourth-order valence-corrected chi connectivity index (χ4v) is 3.26. The first-order valence-electron chi connectivity index (χ1n) is 8.73. The second kappa shape index (κ2) is 9.25. The zero-order valence-electron chi connectivity index (χ0n) is 14.8. The molecule has 140 valence electrons. The quantitative estimate of drug-likeness (QED) is 0.690. The third kappa shape index (κ3) is 5.12. The van der Waals surface area contributed by atoms with Gasteiger partial charge in [0.25, 0.3) is 0 Å². The summed E-state index contributed by atoms with van der Waals surface area (Å²) in [6, 6.07) is 7.81. The maximum atomic E-state index is 12.1. The molecule has 2 heterocycles. The van der Waals surface area contributed by atoms with Crippen LogP contribution >= 0.6 is 15.9 Å². The molecular weight excluding hydrogens is 400 g/mol. The van der Waals surface area contributed by atoms with Crippen LogP contribution in [0, 0.1) is 5.92 Å². The van der Waals surface area contributed by atoms with Crippen molar-refractivity contribution < 1.29 is 14.1 Å². The summed E-state index contributed by atoms with van der Waals surface area (Å²) in [6.45, 7) is 3.41. The van der Waals surface area contributed by atoms with E-state index in [0.29, 0.717) is 31.4 Å². The number of amides is 1. The van der Waals surface area contributed by atoms with Crippen LogP contribution in [0.2, 0.25) is 0 Å². The molecule has 1 aliphatic rings. The number of methoxy groups -OCH3 is 1. The predicted molar refractivity (Wildman–Crippen MR) is 100 cm³/mol. The Labute approximate surface area is 161 Å². The first-order chi connectivity index (χ1) is 12.7. The van der Waals surface area contributed by atoms with E-state index in [1.807, 2.05) is 24.3 Å². The van der Waals surface area contributed by atoms with Crippen LogP contribution in [0.3, 0.4) is 0 Å². The summed E-state index contributed by atoms with van der Waals surface area (Å²) in [4.78, 5) is 18.8. The van der Waals surface area contributed by atoms with E-state index in [4.69, 9.17) is 9.26 Å². The molecule has 0 unspecified atom stereocenters. The number of nitrogens with one attached hydrogen (secondary N) is 1. The molecule has 0 aliphatic carbocycles. The third-order valence-corrected chi connectivity index (χ3v) is 5.02. The summed E-state index contributed by atoms with van der Waals surface area (Å²) in [5, 5.41) is 6.98. The second-order valence-electron chi connectivity index (χ2n) is 6.35. The monoisotopic (exact) mass is 422 g/mol. The van der Waals surface area contributed by atoms with E-state index in [2.05, 4.69) is 36.3 Å². The minimum Gasteiger partial charge on any atom is -0.383 e. The molecule has 1 N–H and O–H groups in total. The molecule has 8 heteroatoms. The van der Waals surface area contributed by atoms with Gasteiger partial charge in [-0.2, -0.15) is 4.98 Å². The molecule has 3 rings (SSSR count). The molecule has 0 radical (unpaired) electrons. The van der Waals surface area contributed by atoms with Crippen molar-refractivity contribution in [1.82, 2.24) is 20.4 Å². The van der Waals surface area contributed by atoms with Crippen molar-refractivity contribution in [2.24, 2.45) is 5.92 Å². The van der Waals surface area contributed by atoms with Crippen molar-refractivity contribution in [2.75, 3.05) is 33.4 Å². The molecule has 1 aromatic carbocycles. The van der Waals surface area contributed by atoms with Gasteiger partial charge in [0.1, 0.15) is 0 Å². The number of aromatic nitrogens is 2. The topological polar surface area (TPSA) is 80.5 Å². The number of carbonyl (C=O) groups excluding carboxylic acids is 1. The number of halogens is 1. The van der Waals surface area contributed by atoms with Gasteiger partial charge < -0.3 is 14.6 Å². The smallest absolute Gasteiger partial charge is 0.241 e. The molecule has 1 aliphatic heterocycles. The van der Waals surface area contributed by atoms with Crippen molar-refractivity contribution >= 4 is 21.8 Å². The number of likely N-dealkylation sites (tertiary alicyclic amines) is 1. The number of hydrogen-bond donors (Lipinski definition) is 1. The lowest BCUT2D eigenvalue weighted by atomic mass is 9.96. The van der Waals surface area contributed by atoms with Crippen LogP contribution in [0.25, 0.3) is 11.4 Å². The van der Waals surface area contributed by atoms with E-state index < -0.39 is 0 Å². The molecular formula is C18H23BrN4O3. The molecule has 2 aromatic rings. The highest BCUT2D eigenvalue weighted by atomic mass is 79.9. The molecule has 7 nitrogen and oxygen atoms in total. The maximum Gasteiger partial charge on any atom is 0.241 e. The van der Waals surface area contributed by atoms with Crippen molar-refractivity contribution in [3.8, 4) is 11.4 Å². The summed E-state index contributed by atoms with van der Waals surface area (Å²) < 4.78 is 11.4. The minimum atomic E-state index is 0.0733. The van der Waals surface area contributed by atoms with Crippen molar-refractivity contribution in [1.29, 1.82) is 0 Å². The van der Waals surface area contributed by atoms with Crippen molar-refractivity contribution in [3.05, 3.63) is 34.6 Å². The van der Waals surface area contributed by atoms with Crippen molar-refractivity contribution in [3.63, 3.8) is 0 Å². The van der Waals surface area contributed by atoms with Gasteiger partial charge in [0, 0.05) is 29.6 Å². The van der Waals surface area contributed by atoms with Gasteiger partial charge in [-0.3, -0.25) is 9.69 Å². The van der Waals surface area contributed by atoms with Gasteiger partial charge in [0.15, 0.2) is 0 Å². The Morgan fingerprint density at radius 3 is 2.77 bits per heavy atom. The van der Waals surface area contributed by atoms with Gasteiger partial charge in [-0.15, -0.1) is 0 Å². The minimum absolute atomic E-state index is 0.0733. The van der Waals surface area contributed by atoms with E-state index in [1.165, 1.54) is 0 Å². The largest absolute Gasteiger partial charge is 0.383 e. The Balaban J connectivity index is 1.47. The molecule has 1 aromatic heterocycles. The average molecular weight is 423 g/mol. The van der Waals surface area contributed by atoms with E-state index >= 15 is 0 Å². The normalized spacial score (nSPS) is 15.9. The third-order valence-electron chi connectivity index (χ3n) is 4.49. The lowest BCUT2D eigenvalue weighted by Crippen LogP contribution is -2.41. The van der Waals surface area contributed by atoms with Gasteiger partial charge in [0.05, 0.1) is 13.2 Å². The fourth-order valence-electron chi connectivity index (χ4n) is 3.00. The molecule has 0 bridgehead atoms. The highest BCUT2D eigenvalue weighted by Crippen LogP contribution is 2.21. The Morgan fingerprint density at radius 1 is 1.35 bits per heavy atom. The molecule has 0 atom stereocenters. The summed E-state index contributed by atoms with van der Waals surface area (Å²) in [6.07, 6.45) is 1.68. The highest BCUT2D eigenvalue weighted by Gasteiger charge is 2.25. The SMILES string of the molecule is COCCNC(=O)C1CCN(Cc2nc(-c3ccc(Br)cc3)no2)CC1. The number of benzene rings is 1. The first kappa shape index (κ1) is 19.0. The zero-order chi connectivity index (χ0) is 18.4. The molecule has 1 fully saturated rings. The molecule has 0 spiro atoms. The average Bonchev–Trinajstić information content (AvgIpc) is 3.11. The van der Waals surface area contributed by atoms with E-state index in [1.54, 1.807) is 7.11 Å². The fraction of sp³-hybridized carbons (Fsp3) is 0.500. The van der Waals surface area contributed by atoms with Gasteiger partial charge in [-0.25, -0.2) is 0 Å². The predicted octanol–water partition coefficient (Wildman–Crippen LogP) is 2.47. The number of hydrogen-bond acceptors (Lipinski definition) is 6. The maximum absolute atomic E-state index is 12.1. The zero-order valence-corrected chi connectivity index (χ0v) is 16.4. The van der Waals surface area contributed by atoms with E-state index in [-0.39, 0.29) is 11.8 Å².